The van der Waals surface area contributed by atoms with Crippen LogP contribution < -0.4 is 0 Å². The highest BCUT2D eigenvalue weighted by molar-refractivity contribution is 7.07. The Morgan fingerprint density at radius 3 is 2.88 bits per heavy atom. The first-order valence-corrected chi connectivity index (χ1v) is 6.04. The van der Waals surface area contributed by atoms with Crippen LogP contribution in [0.25, 0.3) is 0 Å². The summed E-state index contributed by atoms with van der Waals surface area (Å²) < 4.78 is 0. The van der Waals surface area contributed by atoms with Gasteiger partial charge in [-0.3, -0.25) is 0 Å². The van der Waals surface area contributed by atoms with Crippen molar-refractivity contribution in [1.29, 1.82) is 0 Å². The van der Waals surface area contributed by atoms with Gasteiger partial charge in [-0.15, -0.1) is 11.3 Å². The molecule has 0 unspecified atom stereocenters. The molecule has 1 aliphatic heterocycles. The molecule has 2 heterocycles. The Morgan fingerprint density at radius 2 is 2.12 bits per heavy atom. The van der Waals surface area contributed by atoms with Gasteiger partial charge in [0.25, 0.3) is 0 Å². The summed E-state index contributed by atoms with van der Waals surface area (Å²) in [6.45, 7) is 0. The second-order valence-electron chi connectivity index (χ2n) is 3.62. The molecule has 0 radical (unpaired) electrons. The number of hydrogen-bond acceptors (Lipinski definition) is 4. The van der Waals surface area contributed by atoms with E-state index >= 15 is 0 Å². The smallest absolute Gasteiger partial charge is 0.158 e. The van der Waals surface area contributed by atoms with Crippen molar-refractivity contribution in [1.82, 2.24) is 4.98 Å². The molecule has 3 nitrogen and oxygen atoms in total. The molecule has 4 heteroatoms. The molecule has 1 aromatic carbocycles. The fourth-order valence-corrected chi connectivity index (χ4v) is 2.29. The van der Waals surface area contributed by atoms with Crippen molar-refractivity contribution in [3.8, 4) is 0 Å². The maximum Gasteiger partial charge on any atom is 0.158 e. The molecular weight excluding hydrogens is 220 g/mol. The number of rotatable bonds is 2. The van der Waals surface area contributed by atoms with E-state index < -0.39 is 0 Å². The molecule has 1 aliphatic rings. The molecule has 0 saturated heterocycles. The van der Waals surface area contributed by atoms with Crippen molar-refractivity contribution in [3.05, 3.63) is 52.5 Å². The highest BCUT2D eigenvalue weighted by Crippen LogP contribution is 2.28. The van der Waals surface area contributed by atoms with E-state index in [1.165, 1.54) is 0 Å². The minimum absolute atomic E-state index is 0.0397. The molecule has 0 N–H and O–H groups in total. The monoisotopic (exact) mass is 230 g/mol. The number of nitrogens with zero attached hydrogens (tertiary/aromatic N) is 2. The van der Waals surface area contributed by atoms with Crippen molar-refractivity contribution in [3.63, 3.8) is 0 Å². The normalized spacial score (nSPS) is 19.2. The molecule has 1 aromatic heterocycles. The van der Waals surface area contributed by atoms with Crippen LogP contribution in [0.5, 0.6) is 0 Å². The summed E-state index contributed by atoms with van der Waals surface area (Å²) in [7, 11) is 0. The van der Waals surface area contributed by atoms with Gasteiger partial charge in [-0.05, 0) is 5.56 Å². The van der Waals surface area contributed by atoms with Gasteiger partial charge >= 0.3 is 0 Å². The lowest BCUT2D eigenvalue weighted by Crippen LogP contribution is -2.01. The summed E-state index contributed by atoms with van der Waals surface area (Å²) in [5, 5.41) is 6.09. The van der Waals surface area contributed by atoms with Crippen molar-refractivity contribution >= 4 is 17.0 Å². The lowest BCUT2D eigenvalue weighted by atomic mass is 10.0. The predicted octanol–water partition coefficient (Wildman–Crippen LogP) is 3.01. The molecule has 0 aliphatic carbocycles. The highest BCUT2D eigenvalue weighted by Gasteiger charge is 2.24. The van der Waals surface area contributed by atoms with Gasteiger partial charge in [-0.1, -0.05) is 35.5 Å². The number of aromatic nitrogens is 1. The van der Waals surface area contributed by atoms with E-state index in [4.69, 9.17) is 4.84 Å². The van der Waals surface area contributed by atoms with Crippen LogP contribution in [-0.4, -0.2) is 10.7 Å². The largest absolute Gasteiger partial charge is 0.387 e. The second-order valence-corrected chi connectivity index (χ2v) is 4.34. The molecule has 3 rings (SSSR count). The Balaban J connectivity index is 1.78. The quantitative estimate of drug-likeness (QED) is 0.794. The number of oxime groups is 1. The zero-order chi connectivity index (χ0) is 10.8. The SMILES string of the molecule is c1ccc([C@@H]2CC(c3cscn3)=NO2)cc1. The maximum absolute atomic E-state index is 5.43. The van der Waals surface area contributed by atoms with Crippen LogP contribution in [0.1, 0.15) is 23.8 Å². The van der Waals surface area contributed by atoms with E-state index in [1.54, 1.807) is 11.3 Å². The van der Waals surface area contributed by atoms with Gasteiger partial charge < -0.3 is 4.84 Å². The van der Waals surface area contributed by atoms with Gasteiger partial charge in [-0.25, -0.2) is 4.98 Å². The summed E-state index contributed by atoms with van der Waals surface area (Å²) in [5.41, 5.74) is 4.85. The highest BCUT2D eigenvalue weighted by atomic mass is 32.1. The van der Waals surface area contributed by atoms with Crippen LogP contribution >= 0.6 is 11.3 Å². The molecule has 0 fully saturated rings. The Hall–Kier alpha value is -1.68. The van der Waals surface area contributed by atoms with Gasteiger partial charge in [0.15, 0.2) is 6.10 Å². The lowest BCUT2D eigenvalue weighted by Gasteiger charge is -2.06. The number of benzene rings is 1. The first kappa shape index (κ1) is 9.54. The molecule has 0 saturated carbocycles. The van der Waals surface area contributed by atoms with E-state index in [0.717, 1.165) is 23.4 Å². The molecule has 2 aromatic rings. The predicted molar refractivity (Wildman–Crippen MR) is 63.5 cm³/mol. The molecular formula is C12H10N2OS. The Labute approximate surface area is 97.4 Å². The average Bonchev–Trinajstić information content (AvgIpc) is 3.01. The van der Waals surface area contributed by atoms with Crippen LogP contribution in [0.4, 0.5) is 0 Å². The van der Waals surface area contributed by atoms with Crippen molar-refractivity contribution in [2.24, 2.45) is 5.16 Å². The van der Waals surface area contributed by atoms with Crippen LogP contribution in [0.2, 0.25) is 0 Å². The zero-order valence-electron chi connectivity index (χ0n) is 8.54. The third-order valence-corrected chi connectivity index (χ3v) is 3.15. The zero-order valence-corrected chi connectivity index (χ0v) is 9.35. The molecule has 0 spiro atoms. The van der Waals surface area contributed by atoms with Crippen LogP contribution in [0, 0.1) is 0 Å². The van der Waals surface area contributed by atoms with Crippen molar-refractivity contribution < 1.29 is 4.84 Å². The van der Waals surface area contributed by atoms with Gasteiger partial charge in [0.2, 0.25) is 0 Å². The third kappa shape index (κ3) is 1.72. The van der Waals surface area contributed by atoms with E-state index in [9.17, 15) is 0 Å². The standard InChI is InChI=1S/C12H10N2OS/c1-2-4-9(5-3-1)12-6-10(14-15-12)11-7-16-8-13-11/h1-5,7-8,12H,6H2/t12-/m0/s1. The summed E-state index contributed by atoms with van der Waals surface area (Å²) >= 11 is 1.58. The van der Waals surface area contributed by atoms with Gasteiger partial charge in [0.1, 0.15) is 5.71 Å². The van der Waals surface area contributed by atoms with Crippen LogP contribution in [0.15, 0.2) is 46.4 Å². The third-order valence-electron chi connectivity index (χ3n) is 2.57. The molecule has 0 bridgehead atoms. The van der Waals surface area contributed by atoms with Crippen molar-refractivity contribution in [2.75, 3.05) is 0 Å². The number of thiazole rings is 1. The lowest BCUT2D eigenvalue weighted by molar-refractivity contribution is 0.0857. The Morgan fingerprint density at radius 1 is 1.25 bits per heavy atom. The first-order chi connectivity index (χ1) is 7.93. The summed E-state index contributed by atoms with van der Waals surface area (Å²) in [4.78, 5) is 9.66. The van der Waals surface area contributed by atoms with Crippen LogP contribution in [0.3, 0.4) is 0 Å². The van der Waals surface area contributed by atoms with E-state index in [-0.39, 0.29) is 6.10 Å². The Bertz CT molecular complexity index is 493. The Kier molecular flexibility index (Phi) is 2.42. The first-order valence-electron chi connectivity index (χ1n) is 5.09. The molecule has 16 heavy (non-hydrogen) atoms. The van der Waals surface area contributed by atoms with Crippen molar-refractivity contribution in [2.45, 2.75) is 12.5 Å². The van der Waals surface area contributed by atoms with Gasteiger partial charge in [0.05, 0.1) is 11.2 Å². The van der Waals surface area contributed by atoms with E-state index in [2.05, 4.69) is 22.3 Å². The minimum atomic E-state index is 0.0397. The van der Waals surface area contributed by atoms with E-state index in [0.29, 0.717) is 0 Å². The minimum Gasteiger partial charge on any atom is -0.387 e. The van der Waals surface area contributed by atoms with Gasteiger partial charge in [-0.2, -0.15) is 0 Å². The summed E-state index contributed by atoms with van der Waals surface area (Å²) in [6, 6.07) is 10.1. The van der Waals surface area contributed by atoms with Crippen LogP contribution in [-0.2, 0) is 4.84 Å². The van der Waals surface area contributed by atoms with Gasteiger partial charge in [0, 0.05) is 11.8 Å². The number of hydrogen-bond donors (Lipinski definition) is 0. The fraction of sp³-hybridized carbons (Fsp3) is 0.167. The average molecular weight is 230 g/mol. The summed E-state index contributed by atoms with van der Waals surface area (Å²) in [6.07, 6.45) is 0.839. The molecule has 1 atom stereocenters. The molecule has 80 valence electrons. The maximum atomic E-state index is 5.43. The van der Waals surface area contributed by atoms with E-state index in [1.807, 2.05) is 29.1 Å². The molecule has 0 amide bonds. The fourth-order valence-electron chi connectivity index (χ4n) is 1.73. The summed E-state index contributed by atoms with van der Waals surface area (Å²) in [5.74, 6) is 0. The topological polar surface area (TPSA) is 34.5 Å². The second kappa shape index (κ2) is 4.06.